The first-order valence-corrected chi connectivity index (χ1v) is 27.9. The minimum atomic E-state index is -0.434. The van der Waals surface area contributed by atoms with Gasteiger partial charge in [-0.05, 0) is 163 Å². The number of aromatic nitrogens is 1. The second kappa shape index (κ2) is 33.5. The van der Waals surface area contributed by atoms with Gasteiger partial charge < -0.3 is 42.6 Å². The average molecular weight is 1080 g/mol. The molecule has 416 valence electrons. The van der Waals surface area contributed by atoms with E-state index >= 15 is 0 Å². The normalized spacial score (nSPS) is 17.3. The fourth-order valence-corrected chi connectivity index (χ4v) is 9.86. The molecule has 0 aliphatic heterocycles. The highest BCUT2D eigenvalue weighted by Gasteiger charge is 2.33. The monoisotopic (exact) mass is 1080 g/mol. The van der Waals surface area contributed by atoms with Gasteiger partial charge in [0.2, 0.25) is 5.13 Å². The Morgan fingerprint density at radius 3 is 1.79 bits per heavy atom. The van der Waals surface area contributed by atoms with E-state index in [1.54, 1.807) is 36.5 Å². The molecule has 0 unspecified atom stereocenters. The van der Waals surface area contributed by atoms with E-state index in [9.17, 15) is 24.0 Å². The summed E-state index contributed by atoms with van der Waals surface area (Å²) < 4.78 is 51.7. The molecule has 18 heteroatoms. The number of nitrogens with zero attached hydrogens (tertiary/aromatic N) is 3. The first kappa shape index (κ1) is 59.6. The van der Waals surface area contributed by atoms with Gasteiger partial charge in [-0.3, -0.25) is 14.4 Å². The number of fused-ring (bicyclic) bond motifs is 1. The van der Waals surface area contributed by atoms with Gasteiger partial charge >= 0.3 is 29.8 Å². The van der Waals surface area contributed by atoms with Crippen LogP contribution in [0.1, 0.15) is 108 Å². The number of carbonyl (C=O) groups is 5. The van der Waals surface area contributed by atoms with Gasteiger partial charge in [0.15, 0.2) is 0 Å². The fraction of sp³-hybridized carbons (Fsp3) is 0.508. The van der Waals surface area contributed by atoms with Crippen LogP contribution in [0.4, 0.5) is 5.13 Å². The number of para-hydroxylation sites is 1. The SMILES string of the molecule is C=CC(=O)OCCCCCCOC(=O)C1CCC(C(=O)Oc2ccc(OC(=O)C3CCC(COc4ccc(OCCCCCCOC(=O)C=C)cc4)CC3)c(/C=N/N(CCOCCOC)c3nc4ccccc4s3)c2)CC1. The summed E-state index contributed by atoms with van der Waals surface area (Å²) in [5.41, 5.74) is 1.26. The van der Waals surface area contributed by atoms with Crippen LogP contribution in [-0.2, 0) is 47.7 Å². The summed E-state index contributed by atoms with van der Waals surface area (Å²) >= 11 is 1.49. The van der Waals surface area contributed by atoms with Gasteiger partial charge in [-0.1, -0.05) is 36.6 Å². The topological polar surface area (TPSA) is 197 Å². The summed E-state index contributed by atoms with van der Waals surface area (Å²) in [4.78, 5) is 67.6. The number of ether oxygens (including phenoxy) is 9. The zero-order chi connectivity index (χ0) is 54.5. The summed E-state index contributed by atoms with van der Waals surface area (Å²) in [7, 11) is 1.62. The van der Waals surface area contributed by atoms with Crippen molar-refractivity contribution < 1.29 is 66.6 Å². The van der Waals surface area contributed by atoms with Crippen molar-refractivity contribution in [3.63, 3.8) is 0 Å². The highest BCUT2D eigenvalue weighted by molar-refractivity contribution is 7.22. The van der Waals surface area contributed by atoms with Crippen molar-refractivity contribution in [3.05, 3.63) is 97.6 Å². The van der Waals surface area contributed by atoms with Crippen LogP contribution < -0.4 is 24.0 Å². The number of esters is 5. The lowest BCUT2D eigenvalue weighted by Gasteiger charge is -2.27. The van der Waals surface area contributed by atoms with Crippen LogP contribution >= 0.6 is 11.3 Å². The molecule has 0 saturated heterocycles. The number of hydrogen-bond acceptors (Lipinski definition) is 18. The second-order valence-electron chi connectivity index (χ2n) is 19.1. The summed E-state index contributed by atoms with van der Waals surface area (Å²) in [5.74, 6) is -0.487. The summed E-state index contributed by atoms with van der Waals surface area (Å²) in [5, 5.41) is 7.24. The largest absolute Gasteiger partial charge is 0.494 e. The Hall–Kier alpha value is -6.63. The van der Waals surface area contributed by atoms with E-state index in [-0.39, 0.29) is 41.2 Å². The maximum absolute atomic E-state index is 13.9. The van der Waals surface area contributed by atoms with Crippen molar-refractivity contribution in [1.29, 1.82) is 0 Å². The summed E-state index contributed by atoms with van der Waals surface area (Å²) in [6, 6.07) is 20.4. The van der Waals surface area contributed by atoms with Crippen molar-refractivity contribution in [2.75, 3.05) is 71.5 Å². The molecule has 0 radical (unpaired) electrons. The van der Waals surface area contributed by atoms with E-state index in [0.717, 1.165) is 85.6 Å². The average Bonchev–Trinajstić information content (AvgIpc) is 3.90. The van der Waals surface area contributed by atoms with E-state index in [1.165, 1.54) is 17.4 Å². The lowest BCUT2D eigenvalue weighted by atomic mass is 9.82. The van der Waals surface area contributed by atoms with Crippen molar-refractivity contribution in [2.45, 2.75) is 103 Å². The van der Waals surface area contributed by atoms with Crippen molar-refractivity contribution in [3.8, 4) is 23.0 Å². The number of unbranched alkanes of at least 4 members (excludes halogenated alkanes) is 6. The number of carbonyl (C=O) groups excluding carboxylic acids is 5. The third-order valence-electron chi connectivity index (χ3n) is 13.4. The molecule has 3 aromatic carbocycles. The Balaban J connectivity index is 1.02. The van der Waals surface area contributed by atoms with Gasteiger partial charge in [-0.15, -0.1) is 0 Å². The molecule has 17 nitrogen and oxygen atoms in total. The van der Waals surface area contributed by atoms with Crippen LogP contribution in [0.25, 0.3) is 10.2 Å². The number of thiazole rings is 1. The molecule has 2 aliphatic carbocycles. The minimum Gasteiger partial charge on any atom is -0.494 e. The van der Waals surface area contributed by atoms with Crippen LogP contribution in [0, 0.1) is 23.7 Å². The third-order valence-corrected chi connectivity index (χ3v) is 14.5. The smallest absolute Gasteiger partial charge is 0.330 e. The predicted molar refractivity (Wildman–Crippen MR) is 294 cm³/mol. The third kappa shape index (κ3) is 21.0. The first-order valence-electron chi connectivity index (χ1n) is 27.0. The van der Waals surface area contributed by atoms with Crippen LogP contribution in [0.15, 0.2) is 97.1 Å². The molecule has 2 aliphatic rings. The van der Waals surface area contributed by atoms with E-state index in [0.29, 0.717) is 115 Å². The molecule has 2 fully saturated rings. The molecular weight excluding hydrogens is 1010 g/mol. The van der Waals surface area contributed by atoms with Crippen LogP contribution in [0.5, 0.6) is 23.0 Å². The number of benzene rings is 3. The lowest BCUT2D eigenvalue weighted by molar-refractivity contribution is -0.152. The van der Waals surface area contributed by atoms with E-state index in [4.69, 9.17) is 52.7 Å². The minimum absolute atomic E-state index is 0.248. The summed E-state index contributed by atoms with van der Waals surface area (Å²) in [6.07, 6.45) is 15.5. The molecule has 4 aromatic rings. The summed E-state index contributed by atoms with van der Waals surface area (Å²) in [6.45, 7) is 10.5. The quantitative estimate of drug-likeness (QED) is 0.00814. The lowest BCUT2D eigenvalue weighted by Crippen LogP contribution is -2.29. The second-order valence-corrected chi connectivity index (χ2v) is 20.1. The number of hydrazone groups is 1. The van der Waals surface area contributed by atoms with E-state index in [1.807, 2.05) is 48.5 Å². The van der Waals surface area contributed by atoms with Gasteiger partial charge in [-0.2, -0.15) is 5.10 Å². The standard InChI is InChI=1S/C59H75N3O14S/c1-4-54(63)71-34-13-7-6-12-33-70-48-26-28-49(29-27-48)74-42-43-18-20-45(21-19-43)58(67)76-52-31-30-50(40-47(52)41-60-62(32-37-69-39-38-68-3)59-61-51-16-10-11-17-53(51)77-59)75-57(66)46-24-22-44(23-25-46)56(65)73-36-15-9-8-14-35-72-55(64)5-2/h4-5,10-11,16-17,26-31,40-41,43-46H,1-2,6-9,12-15,18-25,32-39,42H2,3H3/b60-41+. The molecule has 2 saturated carbocycles. The Morgan fingerprint density at radius 2 is 1.17 bits per heavy atom. The van der Waals surface area contributed by atoms with E-state index < -0.39 is 23.8 Å². The number of hydrogen-bond donors (Lipinski definition) is 0. The van der Waals surface area contributed by atoms with Gasteiger partial charge in [-0.25, -0.2) is 19.6 Å². The Labute approximate surface area is 456 Å². The maximum atomic E-state index is 13.9. The maximum Gasteiger partial charge on any atom is 0.330 e. The van der Waals surface area contributed by atoms with E-state index in [2.05, 4.69) is 13.2 Å². The fourth-order valence-electron chi connectivity index (χ4n) is 8.91. The molecule has 0 atom stereocenters. The number of methoxy groups -OCH3 is 1. The van der Waals surface area contributed by atoms with Crippen molar-refractivity contribution in [2.24, 2.45) is 28.8 Å². The van der Waals surface area contributed by atoms with Gasteiger partial charge in [0.1, 0.15) is 23.0 Å². The molecule has 0 N–H and O–H groups in total. The predicted octanol–water partition coefficient (Wildman–Crippen LogP) is 10.8. The van der Waals surface area contributed by atoms with Gasteiger partial charge in [0, 0.05) is 24.8 Å². The highest BCUT2D eigenvalue weighted by atomic mass is 32.1. The zero-order valence-electron chi connectivity index (χ0n) is 44.4. The Bertz CT molecular complexity index is 2480. The van der Waals surface area contributed by atoms with Crippen LogP contribution in [0.2, 0.25) is 0 Å². The molecule has 77 heavy (non-hydrogen) atoms. The highest BCUT2D eigenvalue weighted by Crippen LogP contribution is 2.35. The van der Waals surface area contributed by atoms with Gasteiger partial charge in [0.05, 0.1) is 93.6 Å². The molecule has 0 spiro atoms. The van der Waals surface area contributed by atoms with Crippen LogP contribution in [-0.4, -0.2) is 108 Å². The van der Waals surface area contributed by atoms with Crippen molar-refractivity contribution >= 4 is 62.7 Å². The van der Waals surface area contributed by atoms with Crippen molar-refractivity contribution in [1.82, 2.24) is 4.98 Å². The number of rotatable bonds is 34. The Kier molecular flexibility index (Phi) is 25.9. The van der Waals surface area contributed by atoms with Crippen LogP contribution in [0.3, 0.4) is 0 Å². The molecule has 0 bridgehead atoms. The molecule has 1 aromatic heterocycles. The first-order chi connectivity index (χ1) is 37.6. The molecular formula is C59H75N3O14S. The molecule has 0 amide bonds. The molecule has 1 heterocycles. The van der Waals surface area contributed by atoms with Gasteiger partial charge in [0.25, 0.3) is 0 Å². The molecule has 6 rings (SSSR count). The number of anilines is 1. The zero-order valence-corrected chi connectivity index (χ0v) is 45.3. The Morgan fingerprint density at radius 1 is 0.610 bits per heavy atom.